The molecule has 5 rings (SSSR count). The van der Waals surface area contributed by atoms with E-state index >= 15 is 0 Å². The standard InChI is InChI=1S/C24H18N4O4S2/c29-23-19-5-1-2-6-20(19)24(30)28(23)14-16-8-10-18(11-9-16)34(31,32)26-13-17-15-33-22(27-17)21-7-3-4-12-25-21/h1-12,15,26H,13-14H2. The SMILES string of the molecule is O=C1c2ccccc2C(=O)N1Cc1ccc(S(=O)(=O)NCc2csc(-c3ccccn3)n2)cc1. The first-order chi connectivity index (χ1) is 16.4. The molecule has 1 aliphatic rings. The minimum atomic E-state index is -3.77. The number of aromatic nitrogens is 2. The Morgan fingerprint density at radius 3 is 2.21 bits per heavy atom. The summed E-state index contributed by atoms with van der Waals surface area (Å²) < 4.78 is 28.0. The maximum atomic E-state index is 12.7. The van der Waals surface area contributed by atoms with E-state index in [9.17, 15) is 18.0 Å². The predicted molar refractivity (Wildman–Crippen MR) is 126 cm³/mol. The first-order valence-corrected chi connectivity index (χ1v) is 12.7. The number of thiazole rings is 1. The third-order valence-corrected chi connectivity index (χ3v) is 7.66. The minimum Gasteiger partial charge on any atom is -0.270 e. The molecule has 3 heterocycles. The van der Waals surface area contributed by atoms with E-state index in [1.165, 1.54) is 23.5 Å². The summed E-state index contributed by atoms with van der Waals surface area (Å²) in [6.45, 7) is 0.109. The second-order valence-electron chi connectivity index (χ2n) is 7.57. The fourth-order valence-corrected chi connectivity index (χ4v) is 5.38. The van der Waals surface area contributed by atoms with Crippen LogP contribution < -0.4 is 4.72 Å². The average Bonchev–Trinajstić information content (AvgIpc) is 3.43. The van der Waals surface area contributed by atoms with Gasteiger partial charge in [-0.2, -0.15) is 0 Å². The van der Waals surface area contributed by atoms with E-state index < -0.39 is 10.0 Å². The highest BCUT2D eigenvalue weighted by atomic mass is 32.2. The van der Waals surface area contributed by atoms with Crippen molar-refractivity contribution in [2.24, 2.45) is 0 Å². The first-order valence-electron chi connectivity index (χ1n) is 10.3. The van der Waals surface area contributed by atoms with Gasteiger partial charge in [0.25, 0.3) is 11.8 Å². The normalized spacial score (nSPS) is 13.4. The highest BCUT2D eigenvalue weighted by molar-refractivity contribution is 7.89. The summed E-state index contributed by atoms with van der Waals surface area (Å²) in [6, 6.07) is 18.3. The van der Waals surface area contributed by atoms with Crippen LogP contribution >= 0.6 is 11.3 Å². The Balaban J connectivity index is 1.24. The summed E-state index contributed by atoms with van der Waals surface area (Å²) in [4.78, 5) is 35.0. The zero-order valence-electron chi connectivity index (χ0n) is 17.7. The number of carbonyl (C=O) groups excluding carboxylic acids is 2. The van der Waals surface area contributed by atoms with Crippen LogP contribution in [-0.4, -0.2) is 35.1 Å². The van der Waals surface area contributed by atoms with Gasteiger partial charge < -0.3 is 0 Å². The van der Waals surface area contributed by atoms with Gasteiger partial charge in [-0.25, -0.2) is 18.1 Å². The molecule has 0 saturated carbocycles. The van der Waals surface area contributed by atoms with Crippen LogP contribution in [0.25, 0.3) is 10.7 Å². The van der Waals surface area contributed by atoms with Crippen LogP contribution in [0.2, 0.25) is 0 Å². The fraction of sp³-hybridized carbons (Fsp3) is 0.0833. The van der Waals surface area contributed by atoms with Crippen LogP contribution in [0.4, 0.5) is 0 Å². The van der Waals surface area contributed by atoms with E-state index in [2.05, 4.69) is 14.7 Å². The first kappa shape index (κ1) is 22.1. The van der Waals surface area contributed by atoms with Crippen molar-refractivity contribution in [1.29, 1.82) is 0 Å². The van der Waals surface area contributed by atoms with Crippen molar-refractivity contribution in [1.82, 2.24) is 19.6 Å². The van der Waals surface area contributed by atoms with E-state index in [-0.39, 0.29) is 29.8 Å². The van der Waals surface area contributed by atoms with Crippen molar-refractivity contribution in [3.63, 3.8) is 0 Å². The minimum absolute atomic E-state index is 0.0441. The number of nitrogens with zero attached hydrogens (tertiary/aromatic N) is 3. The molecular formula is C24H18N4O4S2. The predicted octanol–water partition coefficient (Wildman–Crippen LogP) is 3.48. The Morgan fingerprint density at radius 1 is 0.882 bits per heavy atom. The molecule has 170 valence electrons. The van der Waals surface area contributed by atoms with Gasteiger partial charge in [-0.3, -0.25) is 19.5 Å². The number of hydrogen-bond donors (Lipinski definition) is 1. The number of carbonyl (C=O) groups is 2. The Kier molecular flexibility index (Phi) is 5.78. The van der Waals surface area contributed by atoms with Crippen molar-refractivity contribution in [2.45, 2.75) is 18.0 Å². The van der Waals surface area contributed by atoms with Gasteiger partial charge >= 0.3 is 0 Å². The maximum absolute atomic E-state index is 12.7. The molecule has 2 aromatic heterocycles. The monoisotopic (exact) mass is 490 g/mol. The molecule has 2 aromatic carbocycles. The van der Waals surface area contributed by atoms with Crippen LogP contribution in [0.1, 0.15) is 32.0 Å². The number of hydrogen-bond acceptors (Lipinski definition) is 7. The molecule has 4 aromatic rings. The van der Waals surface area contributed by atoms with Crippen LogP contribution in [0.5, 0.6) is 0 Å². The van der Waals surface area contributed by atoms with E-state index in [0.29, 0.717) is 27.4 Å². The maximum Gasteiger partial charge on any atom is 0.261 e. The molecule has 0 saturated heterocycles. The number of fused-ring (bicyclic) bond motifs is 1. The molecule has 0 bridgehead atoms. The molecular weight excluding hydrogens is 472 g/mol. The fourth-order valence-electron chi connectivity index (χ4n) is 3.59. The molecule has 0 radical (unpaired) electrons. The number of imide groups is 1. The third kappa shape index (κ3) is 4.26. The lowest BCUT2D eigenvalue weighted by Crippen LogP contribution is -2.29. The zero-order chi connectivity index (χ0) is 23.7. The topological polar surface area (TPSA) is 109 Å². The summed E-state index contributed by atoms with van der Waals surface area (Å²) in [5.74, 6) is -0.709. The van der Waals surface area contributed by atoms with Crippen LogP contribution in [0.15, 0.2) is 83.2 Å². The molecule has 0 atom stereocenters. The van der Waals surface area contributed by atoms with Gasteiger partial charge in [-0.1, -0.05) is 30.3 Å². The van der Waals surface area contributed by atoms with Crippen LogP contribution in [0.3, 0.4) is 0 Å². The van der Waals surface area contributed by atoms with Gasteiger partial charge in [0.1, 0.15) is 5.01 Å². The van der Waals surface area contributed by atoms with Crippen LogP contribution in [0, 0.1) is 0 Å². The molecule has 8 nitrogen and oxygen atoms in total. The number of sulfonamides is 1. The van der Waals surface area contributed by atoms with Gasteiger partial charge in [-0.05, 0) is 42.0 Å². The summed E-state index contributed by atoms with van der Waals surface area (Å²) in [5, 5.41) is 2.50. The Morgan fingerprint density at radius 2 is 1.56 bits per heavy atom. The summed E-state index contributed by atoms with van der Waals surface area (Å²) >= 11 is 1.39. The molecule has 0 fully saturated rings. The Hall–Kier alpha value is -3.73. The number of benzene rings is 2. The number of nitrogens with one attached hydrogen (secondary N) is 1. The molecule has 0 spiro atoms. The lowest BCUT2D eigenvalue weighted by Gasteiger charge is -2.14. The zero-order valence-corrected chi connectivity index (χ0v) is 19.3. The number of rotatable bonds is 7. The smallest absolute Gasteiger partial charge is 0.261 e. The van der Waals surface area contributed by atoms with Gasteiger partial charge in [-0.15, -0.1) is 11.3 Å². The Bertz CT molecular complexity index is 1450. The van der Waals surface area contributed by atoms with Crippen molar-refractivity contribution >= 4 is 33.2 Å². The van der Waals surface area contributed by atoms with Crippen molar-refractivity contribution in [2.75, 3.05) is 0 Å². The van der Waals surface area contributed by atoms with Crippen molar-refractivity contribution in [3.8, 4) is 10.7 Å². The van der Waals surface area contributed by atoms with E-state index in [4.69, 9.17) is 0 Å². The van der Waals surface area contributed by atoms with Crippen molar-refractivity contribution in [3.05, 3.63) is 101 Å². The van der Waals surface area contributed by atoms with Gasteiger partial charge in [0.05, 0.1) is 40.5 Å². The molecule has 10 heteroatoms. The lowest BCUT2D eigenvalue weighted by molar-refractivity contribution is 0.0642. The lowest BCUT2D eigenvalue weighted by atomic mass is 10.1. The average molecular weight is 491 g/mol. The quantitative estimate of drug-likeness (QED) is 0.397. The summed E-state index contributed by atoms with van der Waals surface area (Å²) in [7, 11) is -3.77. The van der Waals surface area contributed by atoms with Crippen LogP contribution in [-0.2, 0) is 23.1 Å². The highest BCUT2D eigenvalue weighted by Gasteiger charge is 2.34. The molecule has 0 unspecified atom stereocenters. The molecule has 34 heavy (non-hydrogen) atoms. The van der Waals surface area contributed by atoms with Gasteiger partial charge in [0, 0.05) is 11.6 Å². The van der Waals surface area contributed by atoms with Gasteiger partial charge in [0.15, 0.2) is 0 Å². The highest BCUT2D eigenvalue weighted by Crippen LogP contribution is 2.25. The van der Waals surface area contributed by atoms with Crippen molar-refractivity contribution < 1.29 is 18.0 Å². The van der Waals surface area contributed by atoms with E-state index in [0.717, 1.165) is 10.6 Å². The second kappa shape index (κ2) is 8.90. The van der Waals surface area contributed by atoms with E-state index in [1.54, 1.807) is 48.0 Å². The number of amides is 2. The number of pyridine rings is 1. The molecule has 1 aliphatic heterocycles. The molecule has 0 aliphatic carbocycles. The van der Waals surface area contributed by atoms with E-state index in [1.807, 2.05) is 18.2 Å². The third-order valence-electron chi connectivity index (χ3n) is 5.33. The summed E-state index contributed by atoms with van der Waals surface area (Å²) in [6.07, 6.45) is 1.68. The molecule has 1 N–H and O–H groups in total. The largest absolute Gasteiger partial charge is 0.270 e. The second-order valence-corrected chi connectivity index (χ2v) is 10.2. The Labute approximate surface area is 200 Å². The molecule has 2 amide bonds. The van der Waals surface area contributed by atoms with Gasteiger partial charge in [0.2, 0.25) is 10.0 Å². The summed E-state index contributed by atoms with van der Waals surface area (Å²) in [5.41, 5.74) is 2.73.